The molecule has 2 aliphatic carbocycles. The van der Waals surface area contributed by atoms with Crippen LogP contribution in [0.15, 0.2) is 34.1 Å². The van der Waals surface area contributed by atoms with E-state index in [4.69, 9.17) is 0 Å². The zero-order valence-electron chi connectivity index (χ0n) is 21.2. The first-order valence-electron chi connectivity index (χ1n) is 12.8. The standard InChI is InChI=1S/C27H31N3O5S2/c1-11(2)9-16(26(33)34)30-24(31)19-14-10-15(20(19)25(30)32)21-18(14)17(22-23(36-21)28-27(35)37-22)12-5-7-13(8-6-12)29(3)4/h5-8,11,14-21H,9-10H2,1-4H3,(H,28,35)(H,33,34). The Kier molecular flexibility index (Phi) is 5.83. The van der Waals surface area contributed by atoms with E-state index in [1.54, 1.807) is 11.8 Å². The molecule has 1 aromatic carbocycles. The number of hydrogen-bond acceptors (Lipinski definition) is 7. The number of imide groups is 1. The number of hydrogen-bond donors (Lipinski definition) is 2. The first-order chi connectivity index (χ1) is 17.6. The van der Waals surface area contributed by atoms with E-state index in [9.17, 15) is 24.3 Å². The van der Waals surface area contributed by atoms with Crippen molar-refractivity contribution in [3.05, 3.63) is 44.4 Å². The summed E-state index contributed by atoms with van der Waals surface area (Å²) in [6, 6.07) is 7.26. The molecular weight excluding hydrogens is 510 g/mol. The van der Waals surface area contributed by atoms with Crippen LogP contribution in [0.3, 0.4) is 0 Å². The highest BCUT2D eigenvalue weighted by molar-refractivity contribution is 8.00. The number of rotatable bonds is 6. The van der Waals surface area contributed by atoms with Crippen LogP contribution in [0.4, 0.5) is 5.69 Å². The molecule has 37 heavy (non-hydrogen) atoms. The smallest absolute Gasteiger partial charge is 0.326 e. The first kappa shape index (κ1) is 24.7. The molecule has 196 valence electrons. The number of nitrogens with one attached hydrogen (secondary N) is 1. The summed E-state index contributed by atoms with van der Waals surface area (Å²) in [4.78, 5) is 59.1. The summed E-state index contributed by atoms with van der Waals surface area (Å²) < 4.78 is 0. The summed E-state index contributed by atoms with van der Waals surface area (Å²) in [6.45, 7) is 3.81. The van der Waals surface area contributed by atoms with Gasteiger partial charge in [0.05, 0.1) is 16.9 Å². The Morgan fingerprint density at radius 2 is 1.76 bits per heavy atom. The molecule has 6 rings (SSSR count). The van der Waals surface area contributed by atoms with Crippen molar-refractivity contribution < 1.29 is 19.5 Å². The van der Waals surface area contributed by atoms with Crippen molar-refractivity contribution in [2.24, 2.45) is 35.5 Å². The van der Waals surface area contributed by atoms with E-state index in [0.717, 1.165) is 32.5 Å². The van der Waals surface area contributed by atoms with Gasteiger partial charge in [0.15, 0.2) is 0 Å². The normalized spacial score (nSPS) is 32.5. The topological polar surface area (TPSA) is 111 Å². The van der Waals surface area contributed by atoms with Crippen molar-refractivity contribution >= 4 is 46.6 Å². The molecule has 2 amide bonds. The minimum absolute atomic E-state index is 0.0138. The molecule has 2 aliphatic heterocycles. The summed E-state index contributed by atoms with van der Waals surface area (Å²) in [5, 5.41) is 10.9. The second-order valence-corrected chi connectivity index (χ2v) is 13.7. The molecule has 2 bridgehead atoms. The SMILES string of the molecule is CC(C)CC(C(=O)O)N1C(=O)C2C3CC(C2C1=O)C1C(c2ccc(N(C)C)cc2)c2sc(=O)[nH]c2SC31. The van der Waals surface area contributed by atoms with Gasteiger partial charge in [0, 0.05) is 35.8 Å². The number of H-pyrrole nitrogens is 1. The third-order valence-corrected chi connectivity index (χ3v) is 11.4. The highest BCUT2D eigenvalue weighted by atomic mass is 32.2. The summed E-state index contributed by atoms with van der Waals surface area (Å²) in [5.74, 6) is -2.62. The second-order valence-electron chi connectivity index (χ2n) is 11.5. The van der Waals surface area contributed by atoms with Gasteiger partial charge >= 0.3 is 10.8 Å². The summed E-state index contributed by atoms with van der Waals surface area (Å²) in [5.41, 5.74) is 2.19. The molecule has 0 spiro atoms. The Labute approximate surface area is 223 Å². The predicted molar refractivity (Wildman–Crippen MR) is 142 cm³/mol. The Morgan fingerprint density at radius 1 is 1.11 bits per heavy atom. The third-order valence-electron chi connectivity index (χ3n) is 8.82. The van der Waals surface area contributed by atoms with Crippen molar-refractivity contribution in [2.75, 3.05) is 19.0 Å². The van der Waals surface area contributed by atoms with E-state index in [-0.39, 0.29) is 57.9 Å². The van der Waals surface area contributed by atoms with Gasteiger partial charge in [-0.15, -0.1) is 11.8 Å². The van der Waals surface area contributed by atoms with E-state index < -0.39 is 23.8 Å². The monoisotopic (exact) mass is 541 g/mol. The maximum Gasteiger partial charge on any atom is 0.326 e. The average molecular weight is 542 g/mol. The van der Waals surface area contributed by atoms with E-state index in [0.29, 0.717) is 0 Å². The lowest BCUT2D eigenvalue weighted by Gasteiger charge is -2.43. The van der Waals surface area contributed by atoms with Crippen molar-refractivity contribution in [1.82, 2.24) is 9.88 Å². The zero-order valence-corrected chi connectivity index (χ0v) is 22.8. The molecule has 3 fully saturated rings. The predicted octanol–water partition coefficient (Wildman–Crippen LogP) is 3.48. The summed E-state index contributed by atoms with van der Waals surface area (Å²) >= 11 is 2.89. The molecular formula is C27H31N3O5S2. The number of thiazole rings is 1. The van der Waals surface area contributed by atoms with Crippen molar-refractivity contribution in [1.29, 1.82) is 0 Å². The number of likely N-dealkylation sites (tertiary alicyclic amines) is 1. The number of carboxylic acids is 1. The molecule has 1 aromatic heterocycles. The number of benzene rings is 1. The first-order valence-corrected chi connectivity index (χ1v) is 14.5. The van der Waals surface area contributed by atoms with Gasteiger partial charge in [-0.1, -0.05) is 37.3 Å². The summed E-state index contributed by atoms with van der Waals surface area (Å²) in [7, 11) is 3.99. The second kappa shape index (κ2) is 8.73. The Morgan fingerprint density at radius 3 is 2.35 bits per heavy atom. The van der Waals surface area contributed by atoms with Gasteiger partial charge in [0.1, 0.15) is 6.04 Å². The molecule has 8 atom stereocenters. The van der Waals surface area contributed by atoms with Crippen LogP contribution in [0, 0.1) is 35.5 Å². The van der Waals surface area contributed by atoms with Gasteiger partial charge in [0.25, 0.3) is 0 Å². The maximum absolute atomic E-state index is 13.8. The van der Waals surface area contributed by atoms with Gasteiger partial charge in [-0.05, 0) is 54.2 Å². The van der Waals surface area contributed by atoms with Crippen LogP contribution >= 0.6 is 23.1 Å². The fourth-order valence-corrected chi connectivity index (χ4v) is 10.4. The molecule has 4 aliphatic rings. The number of aliphatic carboxylic acids is 1. The van der Waals surface area contributed by atoms with Crippen LogP contribution in [0.1, 0.15) is 43.0 Å². The fraction of sp³-hybridized carbons (Fsp3) is 0.556. The number of fused-ring (bicyclic) bond motifs is 9. The third kappa shape index (κ3) is 3.62. The van der Waals surface area contributed by atoms with E-state index in [1.807, 2.05) is 32.8 Å². The van der Waals surface area contributed by atoms with Crippen LogP contribution in [-0.2, 0) is 14.4 Å². The molecule has 10 heteroatoms. The van der Waals surface area contributed by atoms with Crippen LogP contribution < -0.4 is 9.77 Å². The highest BCUT2D eigenvalue weighted by Crippen LogP contribution is 2.68. The zero-order chi connectivity index (χ0) is 26.3. The molecule has 8 unspecified atom stereocenters. The van der Waals surface area contributed by atoms with Crippen molar-refractivity contribution in [2.45, 2.75) is 48.9 Å². The number of carbonyl (C=O) groups is 3. The number of anilines is 1. The molecule has 2 N–H and O–H groups in total. The molecule has 1 saturated heterocycles. The minimum Gasteiger partial charge on any atom is -0.480 e. The van der Waals surface area contributed by atoms with Crippen molar-refractivity contribution in [3.63, 3.8) is 0 Å². The molecule has 3 heterocycles. The quantitative estimate of drug-likeness (QED) is 0.539. The van der Waals surface area contributed by atoms with Crippen LogP contribution in [0.25, 0.3) is 0 Å². The van der Waals surface area contributed by atoms with Crippen LogP contribution in [-0.4, -0.2) is 58.2 Å². The number of amides is 2. The van der Waals surface area contributed by atoms with E-state index >= 15 is 0 Å². The lowest BCUT2D eigenvalue weighted by Crippen LogP contribution is -2.47. The van der Waals surface area contributed by atoms with Gasteiger partial charge in [-0.2, -0.15) is 0 Å². The largest absolute Gasteiger partial charge is 0.480 e. The summed E-state index contributed by atoms with van der Waals surface area (Å²) in [6.07, 6.45) is 1.04. The number of thioether (sulfide) groups is 1. The number of carboxylic acid groups (broad SMARTS) is 1. The van der Waals surface area contributed by atoms with Gasteiger partial charge in [-0.3, -0.25) is 19.3 Å². The fourth-order valence-electron chi connectivity index (χ4n) is 7.46. The number of aromatic nitrogens is 1. The number of carbonyl (C=O) groups excluding carboxylic acids is 2. The Bertz CT molecular complexity index is 1330. The van der Waals surface area contributed by atoms with Gasteiger partial charge < -0.3 is 15.0 Å². The molecule has 2 aromatic rings. The van der Waals surface area contributed by atoms with Gasteiger partial charge in [-0.25, -0.2) is 4.79 Å². The maximum atomic E-state index is 13.8. The van der Waals surface area contributed by atoms with Gasteiger partial charge in [0.2, 0.25) is 11.8 Å². The van der Waals surface area contributed by atoms with E-state index in [1.165, 1.54) is 11.3 Å². The number of nitrogens with zero attached hydrogens (tertiary/aromatic N) is 2. The lowest BCUT2D eigenvalue weighted by molar-refractivity contribution is -0.156. The molecule has 2 saturated carbocycles. The molecule has 8 nitrogen and oxygen atoms in total. The average Bonchev–Trinajstić information content (AvgIpc) is 3.56. The Hall–Kier alpha value is -2.59. The highest BCUT2D eigenvalue weighted by Gasteiger charge is 2.70. The Balaban J connectivity index is 1.40. The minimum atomic E-state index is -1.12. The van der Waals surface area contributed by atoms with Crippen molar-refractivity contribution in [3.8, 4) is 0 Å². The van der Waals surface area contributed by atoms with E-state index in [2.05, 4.69) is 29.2 Å². The van der Waals surface area contributed by atoms with Crippen LogP contribution in [0.2, 0.25) is 0 Å². The molecule has 0 radical (unpaired) electrons. The number of aromatic amines is 1. The lowest BCUT2D eigenvalue weighted by atomic mass is 9.68. The van der Waals surface area contributed by atoms with Crippen LogP contribution in [0.5, 0.6) is 0 Å².